The van der Waals surface area contributed by atoms with Gasteiger partial charge >= 0.3 is 0 Å². The van der Waals surface area contributed by atoms with Crippen LogP contribution in [-0.2, 0) is 13.5 Å². The van der Waals surface area contributed by atoms with E-state index in [4.69, 9.17) is 0 Å². The normalized spacial score (nSPS) is 13.4. The Morgan fingerprint density at radius 3 is 2.67 bits per heavy atom. The summed E-state index contributed by atoms with van der Waals surface area (Å²) in [6, 6.07) is 0.573. The average Bonchev–Trinajstić information content (AvgIpc) is 2.58. The molecule has 1 aromatic heterocycles. The number of rotatable bonds is 6. The summed E-state index contributed by atoms with van der Waals surface area (Å²) in [7, 11) is 1.90. The number of nitrogens with zero attached hydrogens (tertiary/aromatic N) is 3. The average molecular weight is 210 g/mol. The molecule has 1 aromatic rings. The van der Waals surface area contributed by atoms with Gasteiger partial charge in [0.2, 0.25) is 0 Å². The van der Waals surface area contributed by atoms with Crippen LogP contribution in [0.3, 0.4) is 0 Å². The summed E-state index contributed by atoms with van der Waals surface area (Å²) in [6.07, 6.45) is 4.18. The zero-order valence-corrected chi connectivity index (χ0v) is 10.2. The number of nitrogens with one attached hydrogen (secondary N) is 1. The first-order chi connectivity index (χ1) is 7.08. The van der Waals surface area contributed by atoms with Gasteiger partial charge in [0.1, 0.15) is 0 Å². The molecule has 0 aliphatic heterocycles. The summed E-state index contributed by atoms with van der Waals surface area (Å²) in [5, 5.41) is 11.4. The molecule has 0 spiro atoms. The second-order valence-corrected chi connectivity index (χ2v) is 4.59. The van der Waals surface area contributed by atoms with E-state index in [9.17, 15) is 0 Å². The Hall–Kier alpha value is -0.900. The van der Waals surface area contributed by atoms with Crippen molar-refractivity contribution in [3.63, 3.8) is 0 Å². The SMILES string of the molecule is CC(CCc1cn(C)nn1)CNC(C)C. The van der Waals surface area contributed by atoms with Gasteiger partial charge < -0.3 is 5.32 Å². The number of hydrogen-bond donors (Lipinski definition) is 1. The Balaban J connectivity index is 2.19. The summed E-state index contributed by atoms with van der Waals surface area (Å²) < 4.78 is 1.76. The summed E-state index contributed by atoms with van der Waals surface area (Å²) in [5.74, 6) is 0.689. The second kappa shape index (κ2) is 5.85. The van der Waals surface area contributed by atoms with E-state index in [0.717, 1.165) is 18.7 Å². The monoisotopic (exact) mass is 210 g/mol. The Morgan fingerprint density at radius 1 is 1.40 bits per heavy atom. The van der Waals surface area contributed by atoms with Gasteiger partial charge in [0.05, 0.1) is 5.69 Å². The van der Waals surface area contributed by atoms with E-state index in [2.05, 4.69) is 36.4 Å². The molecule has 1 unspecified atom stereocenters. The van der Waals surface area contributed by atoms with Crippen molar-refractivity contribution in [3.05, 3.63) is 11.9 Å². The van der Waals surface area contributed by atoms with Crippen molar-refractivity contribution in [2.45, 2.75) is 39.7 Å². The van der Waals surface area contributed by atoms with Gasteiger partial charge in [-0.05, 0) is 25.3 Å². The molecule has 1 rings (SSSR count). The fourth-order valence-corrected chi connectivity index (χ4v) is 1.44. The van der Waals surface area contributed by atoms with E-state index in [0.29, 0.717) is 12.0 Å². The quantitative estimate of drug-likeness (QED) is 0.771. The highest BCUT2D eigenvalue weighted by Crippen LogP contribution is 2.06. The number of aryl methyl sites for hydroxylation is 2. The van der Waals surface area contributed by atoms with Crippen LogP contribution < -0.4 is 5.32 Å². The van der Waals surface area contributed by atoms with E-state index >= 15 is 0 Å². The first-order valence-corrected chi connectivity index (χ1v) is 5.66. The third-order valence-corrected chi connectivity index (χ3v) is 2.42. The molecule has 1 heterocycles. The minimum atomic E-state index is 0.573. The van der Waals surface area contributed by atoms with Crippen LogP contribution in [-0.4, -0.2) is 27.6 Å². The molecule has 1 atom stereocenters. The van der Waals surface area contributed by atoms with Crippen LogP contribution in [0.2, 0.25) is 0 Å². The van der Waals surface area contributed by atoms with Gasteiger partial charge in [-0.1, -0.05) is 26.0 Å². The zero-order valence-electron chi connectivity index (χ0n) is 10.2. The van der Waals surface area contributed by atoms with E-state index in [1.807, 2.05) is 13.2 Å². The van der Waals surface area contributed by atoms with E-state index < -0.39 is 0 Å². The largest absolute Gasteiger partial charge is 0.314 e. The predicted molar refractivity (Wildman–Crippen MR) is 61.6 cm³/mol. The maximum Gasteiger partial charge on any atom is 0.0827 e. The van der Waals surface area contributed by atoms with Crippen molar-refractivity contribution >= 4 is 0 Å². The molecule has 0 bridgehead atoms. The molecule has 4 nitrogen and oxygen atoms in total. The van der Waals surface area contributed by atoms with Crippen LogP contribution in [0, 0.1) is 5.92 Å². The van der Waals surface area contributed by atoms with E-state index in [1.165, 1.54) is 6.42 Å². The lowest BCUT2D eigenvalue weighted by molar-refractivity contribution is 0.452. The van der Waals surface area contributed by atoms with Crippen molar-refractivity contribution in [2.75, 3.05) is 6.54 Å². The molecule has 0 saturated heterocycles. The summed E-state index contributed by atoms with van der Waals surface area (Å²) in [6.45, 7) is 7.70. The van der Waals surface area contributed by atoms with Crippen molar-refractivity contribution in [1.82, 2.24) is 20.3 Å². The van der Waals surface area contributed by atoms with Crippen molar-refractivity contribution in [2.24, 2.45) is 13.0 Å². The highest BCUT2D eigenvalue weighted by Gasteiger charge is 2.05. The van der Waals surface area contributed by atoms with E-state index in [1.54, 1.807) is 4.68 Å². The first-order valence-electron chi connectivity index (χ1n) is 5.66. The maximum absolute atomic E-state index is 4.08. The van der Waals surface area contributed by atoms with Crippen molar-refractivity contribution in [3.8, 4) is 0 Å². The molecule has 4 heteroatoms. The predicted octanol–water partition coefficient (Wildman–Crippen LogP) is 1.38. The van der Waals surface area contributed by atoms with Gasteiger partial charge in [-0.2, -0.15) is 0 Å². The lowest BCUT2D eigenvalue weighted by atomic mass is 10.0. The molecule has 0 aliphatic carbocycles. The van der Waals surface area contributed by atoms with Crippen LogP contribution >= 0.6 is 0 Å². The lowest BCUT2D eigenvalue weighted by Gasteiger charge is -2.13. The van der Waals surface area contributed by atoms with Gasteiger partial charge in [-0.25, -0.2) is 0 Å². The Bertz CT molecular complexity index is 280. The highest BCUT2D eigenvalue weighted by molar-refractivity contribution is 4.92. The summed E-state index contributed by atoms with van der Waals surface area (Å²) in [5.41, 5.74) is 1.09. The third-order valence-electron chi connectivity index (χ3n) is 2.42. The molecule has 0 saturated carbocycles. The second-order valence-electron chi connectivity index (χ2n) is 4.59. The smallest absolute Gasteiger partial charge is 0.0827 e. The van der Waals surface area contributed by atoms with Crippen LogP contribution in [0.4, 0.5) is 0 Å². The molecule has 86 valence electrons. The first kappa shape index (κ1) is 12.2. The molecule has 0 aromatic carbocycles. The molecule has 15 heavy (non-hydrogen) atoms. The Labute approximate surface area is 92.1 Å². The number of aromatic nitrogens is 3. The molecular formula is C11H22N4. The molecule has 0 fully saturated rings. The fourth-order valence-electron chi connectivity index (χ4n) is 1.44. The molecule has 0 aliphatic rings. The van der Waals surface area contributed by atoms with Gasteiger partial charge in [0.25, 0.3) is 0 Å². The number of hydrogen-bond acceptors (Lipinski definition) is 3. The zero-order chi connectivity index (χ0) is 11.3. The minimum absolute atomic E-state index is 0.573. The van der Waals surface area contributed by atoms with Crippen molar-refractivity contribution < 1.29 is 0 Å². The lowest BCUT2D eigenvalue weighted by Crippen LogP contribution is -2.28. The molecular weight excluding hydrogens is 188 g/mol. The topological polar surface area (TPSA) is 42.7 Å². The van der Waals surface area contributed by atoms with Crippen LogP contribution in [0.25, 0.3) is 0 Å². The van der Waals surface area contributed by atoms with Crippen LogP contribution in [0.15, 0.2) is 6.20 Å². The molecule has 0 radical (unpaired) electrons. The fraction of sp³-hybridized carbons (Fsp3) is 0.818. The molecule has 0 amide bonds. The summed E-state index contributed by atoms with van der Waals surface area (Å²) >= 11 is 0. The van der Waals surface area contributed by atoms with Gasteiger partial charge in [0.15, 0.2) is 0 Å². The Kier molecular flexibility index (Phi) is 4.75. The van der Waals surface area contributed by atoms with E-state index in [-0.39, 0.29) is 0 Å². The van der Waals surface area contributed by atoms with Gasteiger partial charge in [-0.3, -0.25) is 4.68 Å². The Morgan fingerprint density at radius 2 is 2.13 bits per heavy atom. The van der Waals surface area contributed by atoms with Gasteiger partial charge in [0, 0.05) is 19.3 Å². The highest BCUT2D eigenvalue weighted by atomic mass is 15.4. The summed E-state index contributed by atoms with van der Waals surface area (Å²) in [4.78, 5) is 0. The van der Waals surface area contributed by atoms with Crippen molar-refractivity contribution in [1.29, 1.82) is 0 Å². The van der Waals surface area contributed by atoms with Gasteiger partial charge in [-0.15, -0.1) is 5.10 Å². The molecule has 1 N–H and O–H groups in total. The minimum Gasteiger partial charge on any atom is -0.314 e. The van der Waals surface area contributed by atoms with Crippen LogP contribution in [0.5, 0.6) is 0 Å². The maximum atomic E-state index is 4.08. The third kappa shape index (κ3) is 4.93. The standard InChI is InChI=1S/C11H22N4/c1-9(2)12-7-10(3)5-6-11-8-15(4)14-13-11/h8-10,12H,5-7H2,1-4H3. The van der Waals surface area contributed by atoms with Crippen LogP contribution in [0.1, 0.15) is 32.9 Å².